The molecule has 0 aliphatic carbocycles. The minimum atomic E-state index is -0.934. The zero-order valence-corrected chi connectivity index (χ0v) is 8.38. The van der Waals surface area contributed by atoms with Gasteiger partial charge in [0.1, 0.15) is 0 Å². The average Bonchev–Trinajstić information content (AvgIpc) is 2.50. The van der Waals surface area contributed by atoms with Crippen molar-refractivity contribution in [1.29, 1.82) is 0 Å². The van der Waals surface area contributed by atoms with Crippen LogP contribution < -0.4 is 0 Å². The van der Waals surface area contributed by atoms with Gasteiger partial charge in [0.05, 0.1) is 6.10 Å². The molecule has 0 aliphatic rings. The molecule has 1 aromatic heterocycles. The lowest BCUT2D eigenvalue weighted by Gasteiger charge is -2.14. The summed E-state index contributed by atoms with van der Waals surface area (Å²) in [7, 11) is 0. The van der Waals surface area contributed by atoms with E-state index in [9.17, 15) is 4.79 Å². The molecule has 0 aliphatic heterocycles. The normalized spacial score (nSPS) is 13.2. The van der Waals surface area contributed by atoms with Gasteiger partial charge < -0.3 is 9.84 Å². The Balaban J connectivity index is 2.75. The number of hydrogen-bond donors (Lipinski definition) is 1. The molecule has 3 nitrogen and oxygen atoms in total. The van der Waals surface area contributed by atoms with E-state index in [1.54, 1.807) is 6.07 Å². The van der Waals surface area contributed by atoms with Crippen molar-refractivity contribution >= 4 is 17.3 Å². The van der Waals surface area contributed by atoms with Crippen LogP contribution in [0.25, 0.3) is 0 Å². The summed E-state index contributed by atoms with van der Waals surface area (Å²) in [5, 5.41) is 10.7. The van der Waals surface area contributed by atoms with Gasteiger partial charge in [-0.2, -0.15) is 0 Å². The molecule has 0 bridgehead atoms. The third-order valence-electron chi connectivity index (χ3n) is 1.43. The molecule has 1 rings (SSSR count). The lowest BCUT2D eigenvalue weighted by atomic mass is 10.3. The van der Waals surface area contributed by atoms with Crippen molar-refractivity contribution in [3.05, 3.63) is 22.4 Å². The third-order valence-corrected chi connectivity index (χ3v) is 2.35. The minimum Gasteiger partial charge on any atom is -0.479 e. The number of rotatable bonds is 4. The van der Waals surface area contributed by atoms with Crippen LogP contribution in [0.4, 0.5) is 0 Å². The number of aliphatic carboxylic acids is 1. The number of carboxylic acids is 1. The number of hydrogen-bond acceptors (Lipinski definition) is 3. The quantitative estimate of drug-likeness (QED) is 0.811. The van der Waals surface area contributed by atoms with E-state index in [0.29, 0.717) is 0 Å². The molecule has 0 saturated heterocycles. The van der Waals surface area contributed by atoms with E-state index >= 15 is 0 Å². The van der Waals surface area contributed by atoms with Crippen LogP contribution in [0.1, 0.15) is 24.8 Å². The van der Waals surface area contributed by atoms with E-state index in [1.807, 2.05) is 25.3 Å². The van der Waals surface area contributed by atoms with Crippen LogP contribution >= 0.6 is 11.3 Å². The van der Waals surface area contributed by atoms with Crippen LogP contribution in [0.2, 0.25) is 0 Å². The number of thiophene rings is 1. The Morgan fingerprint density at radius 1 is 1.62 bits per heavy atom. The van der Waals surface area contributed by atoms with E-state index in [0.717, 1.165) is 4.88 Å². The van der Waals surface area contributed by atoms with Crippen molar-refractivity contribution in [3.8, 4) is 0 Å². The summed E-state index contributed by atoms with van der Waals surface area (Å²) >= 11 is 1.40. The van der Waals surface area contributed by atoms with Crippen LogP contribution in [0.15, 0.2) is 17.5 Å². The Hall–Kier alpha value is -0.870. The van der Waals surface area contributed by atoms with Crippen molar-refractivity contribution in [1.82, 2.24) is 0 Å². The molecule has 0 fully saturated rings. The van der Waals surface area contributed by atoms with E-state index in [1.165, 1.54) is 11.3 Å². The summed E-state index contributed by atoms with van der Waals surface area (Å²) in [4.78, 5) is 11.6. The summed E-state index contributed by atoms with van der Waals surface area (Å²) in [6, 6.07) is 3.59. The predicted molar refractivity (Wildman–Crippen MR) is 50.9 cm³/mol. The highest BCUT2D eigenvalue weighted by Gasteiger charge is 2.22. The molecule has 1 atom stereocenters. The van der Waals surface area contributed by atoms with Gasteiger partial charge in [-0.1, -0.05) is 6.07 Å². The monoisotopic (exact) mass is 200 g/mol. The van der Waals surface area contributed by atoms with Gasteiger partial charge in [0, 0.05) is 4.88 Å². The standard InChI is InChI=1S/C9H12O3S/c1-6(2)12-8(9(10)11)7-4-3-5-13-7/h3-6,8H,1-2H3,(H,10,11). The summed E-state index contributed by atoms with van der Waals surface area (Å²) in [5.41, 5.74) is 0. The summed E-state index contributed by atoms with van der Waals surface area (Å²) in [6.07, 6.45) is -0.900. The molecule has 0 radical (unpaired) electrons. The summed E-state index contributed by atoms with van der Waals surface area (Å²) in [6.45, 7) is 3.65. The molecule has 0 spiro atoms. The van der Waals surface area contributed by atoms with E-state index in [-0.39, 0.29) is 6.10 Å². The Kier molecular flexibility index (Phi) is 3.45. The van der Waals surface area contributed by atoms with Gasteiger partial charge in [-0.15, -0.1) is 11.3 Å². The molecular formula is C9H12O3S. The predicted octanol–water partition coefficient (Wildman–Crippen LogP) is 2.30. The highest BCUT2D eigenvalue weighted by atomic mass is 32.1. The van der Waals surface area contributed by atoms with Crippen LogP contribution in [-0.2, 0) is 9.53 Å². The van der Waals surface area contributed by atoms with Gasteiger partial charge in [0.2, 0.25) is 0 Å². The number of ether oxygens (including phenoxy) is 1. The summed E-state index contributed by atoms with van der Waals surface area (Å²) in [5.74, 6) is -0.934. The van der Waals surface area contributed by atoms with Gasteiger partial charge in [-0.05, 0) is 25.3 Å². The first-order valence-corrected chi connectivity index (χ1v) is 4.91. The fourth-order valence-corrected chi connectivity index (χ4v) is 1.71. The first-order valence-electron chi connectivity index (χ1n) is 4.03. The van der Waals surface area contributed by atoms with Crippen molar-refractivity contribution in [2.45, 2.75) is 26.1 Å². The van der Waals surface area contributed by atoms with Crippen molar-refractivity contribution < 1.29 is 14.6 Å². The average molecular weight is 200 g/mol. The van der Waals surface area contributed by atoms with Gasteiger partial charge in [-0.3, -0.25) is 0 Å². The Bertz CT molecular complexity index is 266. The molecule has 1 heterocycles. The molecule has 0 aromatic carbocycles. The zero-order valence-electron chi connectivity index (χ0n) is 7.56. The van der Waals surface area contributed by atoms with E-state index < -0.39 is 12.1 Å². The smallest absolute Gasteiger partial charge is 0.338 e. The molecule has 1 unspecified atom stereocenters. The lowest BCUT2D eigenvalue weighted by Crippen LogP contribution is -2.18. The molecule has 1 N–H and O–H groups in total. The molecule has 0 amide bonds. The van der Waals surface area contributed by atoms with E-state index in [2.05, 4.69) is 0 Å². The van der Waals surface area contributed by atoms with Crippen LogP contribution in [0.5, 0.6) is 0 Å². The van der Waals surface area contributed by atoms with Gasteiger partial charge in [0.25, 0.3) is 0 Å². The first kappa shape index (κ1) is 10.2. The van der Waals surface area contributed by atoms with Gasteiger partial charge in [-0.25, -0.2) is 4.79 Å². The highest BCUT2D eigenvalue weighted by Crippen LogP contribution is 2.23. The SMILES string of the molecule is CC(C)OC(C(=O)O)c1cccs1. The fourth-order valence-electron chi connectivity index (χ4n) is 0.960. The minimum absolute atomic E-state index is 0.0804. The van der Waals surface area contributed by atoms with Crippen molar-refractivity contribution in [3.63, 3.8) is 0 Å². The second kappa shape index (κ2) is 4.39. The van der Waals surface area contributed by atoms with Crippen LogP contribution in [0, 0.1) is 0 Å². The Morgan fingerprint density at radius 2 is 2.31 bits per heavy atom. The largest absolute Gasteiger partial charge is 0.479 e. The zero-order chi connectivity index (χ0) is 9.84. The molecule has 4 heteroatoms. The molecule has 0 saturated carbocycles. The maximum atomic E-state index is 10.8. The maximum absolute atomic E-state index is 10.8. The fraction of sp³-hybridized carbons (Fsp3) is 0.444. The molecule has 1 aromatic rings. The summed E-state index contributed by atoms with van der Waals surface area (Å²) < 4.78 is 5.27. The molecule has 13 heavy (non-hydrogen) atoms. The van der Waals surface area contributed by atoms with Crippen molar-refractivity contribution in [2.24, 2.45) is 0 Å². The molecular weight excluding hydrogens is 188 g/mol. The van der Waals surface area contributed by atoms with Gasteiger partial charge >= 0.3 is 5.97 Å². The van der Waals surface area contributed by atoms with Crippen LogP contribution in [0.3, 0.4) is 0 Å². The van der Waals surface area contributed by atoms with Gasteiger partial charge in [0.15, 0.2) is 6.10 Å². The molecule has 72 valence electrons. The number of carbonyl (C=O) groups is 1. The second-order valence-electron chi connectivity index (χ2n) is 2.92. The number of carboxylic acid groups (broad SMARTS) is 1. The third kappa shape index (κ3) is 2.82. The maximum Gasteiger partial charge on any atom is 0.338 e. The second-order valence-corrected chi connectivity index (χ2v) is 3.90. The Labute approximate surface area is 81.0 Å². The Morgan fingerprint density at radius 3 is 2.69 bits per heavy atom. The first-order chi connectivity index (χ1) is 6.11. The van der Waals surface area contributed by atoms with Crippen molar-refractivity contribution in [2.75, 3.05) is 0 Å². The lowest BCUT2D eigenvalue weighted by molar-refractivity contribution is -0.153. The van der Waals surface area contributed by atoms with E-state index in [4.69, 9.17) is 9.84 Å². The highest BCUT2D eigenvalue weighted by molar-refractivity contribution is 7.10. The topological polar surface area (TPSA) is 46.5 Å². The van der Waals surface area contributed by atoms with Crippen LogP contribution in [-0.4, -0.2) is 17.2 Å².